The van der Waals surface area contributed by atoms with Gasteiger partial charge in [-0.25, -0.2) is 0 Å². The van der Waals surface area contributed by atoms with E-state index in [1.165, 1.54) is 13.1 Å². The summed E-state index contributed by atoms with van der Waals surface area (Å²) in [5.41, 5.74) is 1.54. The number of carbonyl (C=O) groups is 1. The first kappa shape index (κ1) is 19.9. The Bertz CT molecular complexity index is 672. The van der Waals surface area contributed by atoms with Gasteiger partial charge in [-0.05, 0) is 49.1 Å². The van der Waals surface area contributed by atoms with Gasteiger partial charge in [-0.1, -0.05) is 20.8 Å². The second-order valence-electron chi connectivity index (χ2n) is 9.12. The van der Waals surface area contributed by atoms with Gasteiger partial charge >= 0.3 is 0 Å². The van der Waals surface area contributed by atoms with Crippen LogP contribution in [0, 0.1) is 28.6 Å². The third-order valence-corrected chi connectivity index (χ3v) is 5.84. The van der Waals surface area contributed by atoms with Crippen LogP contribution in [0.25, 0.3) is 0 Å². The van der Waals surface area contributed by atoms with Crippen LogP contribution in [-0.4, -0.2) is 61.4 Å². The number of likely N-dealkylation sites (tertiary alicyclic amines) is 2. The van der Waals surface area contributed by atoms with Gasteiger partial charge in [0.15, 0.2) is 5.78 Å². The van der Waals surface area contributed by atoms with Crippen molar-refractivity contribution in [3.63, 3.8) is 0 Å². The minimum atomic E-state index is -0.230. The highest BCUT2D eigenvalue weighted by Crippen LogP contribution is 2.31. The number of nitrogens with zero attached hydrogens (tertiary/aromatic N) is 3. The molecule has 3 rings (SSSR count). The molecule has 2 fully saturated rings. The molecular formula is C22H32N4O. The maximum Gasteiger partial charge on any atom is 0.152 e. The summed E-state index contributed by atoms with van der Waals surface area (Å²) < 4.78 is 0. The number of nitriles is 1. The molecule has 2 heterocycles. The van der Waals surface area contributed by atoms with Gasteiger partial charge in [0.1, 0.15) is 0 Å². The molecule has 0 spiro atoms. The predicted molar refractivity (Wildman–Crippen MR) is 109 cm³/mol. The molecule has 1 aromatic rings. The lowest BCUT2D eigenvalue weighted by Gasteiger charge is -2.24. The maximum atomic E-state index is 12.3. The van der Waals surface area contributed by atoms with Crippen molar-refractivity contribution in [3.05, 3.63) is 29.8 Å². The first-order valence-corrected chi connectivity index (χ1v) is 10.1. The molecule has 2 saturated heterocycles. The van der Waals surface area contributed by atoms with Crippen LogP contribution in [0.4, 0.5) is 5.69 Å². The van der Waals surface area contributed by atoms with Crippen LogP contribution in [0.3, 0.4) is 0 Å². The minimum Gasteiger partial charge on any atom is -0.385 e. The van der Waals surface area contributed by atoms with E-state index in [-0.39, 0.29) is 5.41 Å². The third kappa shape index (κ3) is 5.31. The number of Topliss-reactive ketones (excluding diaryl/α,β-unsaturated/α-hetero) is 1. The largest absolute Gasteiger partial charge is 0.385 e. The number of carbonyl (C=O) groups excluding carboxylic acids is 1. The van der Waals surface area contributed by atoms with Gasteiger partial charge < -0.3 is 10.2 Å². The average Bonchev–Trinajstić information content (AvgIpc) is 3.16. The van der Waals surface area contributed by atoms with Crippen molar-refractivity contribution in [3.8, 4) is 6.07 Å². The monoisotopic (exact) mass is 368 g/mol. The molecule has 146 valence electrons. The molecule has 0 radical (unpaired) electrons. The summed E-state index contributed by atoms with van der Waals surface area (Å²) in [4.78, 5) is 17.2. The Labute approximate surface area is 163 Å². The normalized spacial score (nSPS) is 23.2. The zero-order valence-electron chi connectivity index (χ0n) is 16.9. The van der Waals surface area contributed by atoms with E-state index in [0.29, 0.717) is 17.9 Å². The molecule has 1 N–H and O–H groups in total. The summed E-state index contributed by atoms with van der Waals surface area (Å²) in [5, 5.41) is 12.3. The third-order valence-electron chi connectivity index (χ3n) is 5.84. The molecule has 5 heteroatoms. The van der Waals surface area contributed by atoms with Crippen molar-refractivity contribution < 1.29 is 4.79 Å². The van der Waals surface area contributed by atoms with Crippen molar-refractivity contribution in [2.75, 3.05) is 51.1 Å². The zero-order valence-corrected chi connectivity index (χ0v) is 16.9. The second-order valence-corrected chi connectivity index (χ2v) is 9.12. The average molecular weight is 369 g/mol. The summed E-state index contributed by atoms with van der Waals surface area (Å²) in [6.45, 7) is 13.2. The Morgan fingerprint density at radius 1 is 1.11 bits per heavy atom. The van der Waals surface area contributed by atoms with Crippen LogP contribution in [-0.2, 0) is 4.79 Å². The van der Waals surface area contributed by atoms with E-state index in [0.717, 1.165) is 50.1 Å². The SMILES string of the molecule is CC(C)(C)C(=O)CN1CC2CN(CCCNc3ccc(C#N)cc3)CC2C1. The van der Waals surface area contributed by atoms with E-state index in [1.807, 2.05) is 45.0 Å². The molecule has 5 nitrogen and oxygen atoms in total. The Morgan fingerprint density at radius 3 is 2.26 bits per heavy atom. The van der Waals surface area contributed by atoms with E-state index >= 15 is 0 Å². The smallest absolute Gasteiger partial charge is 0.152 e. The topological polar surface area (TPSA) is 59.4 Å². The molecule has 27 heavy (non-hydrogen) atoms. The van der Waals surface area contributed by atoms with E-state index < -0.39 is 0 Å². The number of anilines is 1. The molecule has 2 atom stereocenters. The molecule has 0 amide bonds. The number of fused-ring (bicyclic) bond motifs is 1. The summed E-state index contributed by atoms with van der Waals surface area (Å²) in [7, 11) is 0. The molecular weight excluding hydrogens is 336 g/mol. The molecule has 0 aliphatic carbocycles. The van der Waals surface area contributed by atoms with Crippen LogP contribution in [0.2, 0.25) is 0 Å². The van der Waals surface area contributed by atoms with Crippen LogP contribution in [0.1, 0.15) is 32.8 Å². The number of benzene rings is 1. The van der Waals surface area contributed by atoms with E-state index in [2.05, 4.69) is 21.2 Å². The molecule has 2 aliphatic rings. The number of hydrogen-bond donors (Lipinski definition) is 1. The first-order chi connectivity index (χ1) is 12.8. The highest BCUT2D eigenvalue weighted by Gasteiger charge is 2.40. The lowest BCUT2D eigenvalue weighted by Crippen LogP contribution is -2.37. The number of ketones is 1. The first-order valence-electron chi connectivity index (χ1n) is 10.1. The second kappa shape index (κ2) is 8.41. The van der Waals surface area contributed by atoms with Gasteiger partial charge in [-0.3, -0.25) is 9.69 Å². The van der Waals surface area contributed by atoms with Crippen LogP contribution >= 0.6 is 0 Å². The van der Waals surface area contributed by atoms with Crippen LogP contribution in [0.15, 0.2) is 24.3 Å². The van der Waals surface area contributed by atoms with Gasteiger partial charge in [0, 0.05) is 43.8 Å². The van der Waals surface area contributed by atoms with Crippen molar-refractivity contribution in [1.29, 1.82) is 5.26 Å². The quantitative estimate of drug-likeness (QED) is 0.750. The zero-order chi connectivity index (χ0) is 19.4. The highest BCUT2D eigenvalue weighted by atomic mass is 16.1. The van der Waals surface area contributed by atoms with Crippen molar-refractivity contribution >= 4 is 11.5 Å². The molecule has 0 saturated carbocycles. The van der Waals surface area contributed by atoms with Crippen molar-refractivity contribution in [1.82, 2.24) is 9.80 Å². The van der Waals surface area contributed by atoms with Gasteiger partial charge in [0.05, 0.1) is 18.2 Å². The van der Waals surface area contributed by atoms with Gasteiger partial charge in [-0.15, -0.1) is 0 Å². The number of nitrogens with one attached hydrogen (secondary N) is 1. The highest BCUT2D eigenvalue weighted by molar-refractivity contribution is 5.85. The van der Waals surface area contributed by atoms with E-state index in [1.54, 1.807) is 0 Å². The Morgan fingerprint density at radius 2 is 1.70 bits per heavy atom. The molecule has 2 aliphatic heterocycles. The fraction of sp³-hybridized carbons (Fsp3) is 0.636. The van der Waals surface area contributed by atoms with Crippen LogP contribution < -0.4 is 5.32 Å². The number of hydrogen-bond acceptors (Lipinski definition) is 5. The summed E-state index contributed by atoms with van der Waals surface area (Å²) in [6, 6.07) is 9.77. The summed E-state index contributed by atoms with van der Waals surface area (Å²) in [5.74, 6) is 1.81. The number of rotatable bonds is 7. The molecule has 2 unspecified atom stereocenters. The van der Waals surface area contributed by atoms with Gasteiger partial charge in [0.25, 0.3) is 0 Å². The van der Waals surface area contributed by atoms with Crippen LogP contribution in [0.5, 0.6) is 0 Å². The lowest BCUT2D eigenvalue weighted by molar-refractivity contribution is -0.127. The predicted octanol–water partition coefficient (Wildman–Crippen LogP) is 2.84. The summed E-state index contributed by atoms with van der Waals surface area (Å²) in [6.07, 6.45) is 1.12. The van der Waals surface area contributed by atoms with Gasteiger partial charge in [0.2, 0.25) is 0 Å². The Hall–Kier alpha value is -1.90. The van der Waals surface area contributed by atoms with E-state index in [4.69, 9.17) is 5.26 Å². The van der Waals surface area contributed by atoms with Crippen molar-refractivity contribution in [2.24, 2.45) is 17.3 Å². The van der Waals surface area contributed by atoms with E-state index in [9.17, 15) is 4.79 Å². The maximum absolute atomic E-state index is 12.3. The fourth-order valence-electron chi connectivity index (χ4n) is 4.14. The lowest BCUT2D eigenvalue weighted by atomic mass is 9.90. The minimum absolute atomic E-state index is 0.230. The van der Waals surface area contributed by atoms with Gasteiger partial charge in [-0.2, -0.15) is 5.26 Å². The summed E-state index contributed by atoms with van der Waals surface area (Å²) >= 11 is 0. The molecule has 1 aromatic carbocycles. The molecule has 0 bridgehead atoms. The molecule has 0 aromatic heterocycles. The van der Waals surface area contributed by atoms with Crippen molar-refractivity contribution in [2.45, 2.75) is 27.2 Å². The standard InChI is InChI=1S/C22H32N4O/c1-22(2,3)21(27)16-26-14-18-12-25(13-19(18)15-26)10-4-9-24-20-7-5-17(11-23)6-8-20/h5-8,18-19,24H,4,9-10,12-16H2,1-3H3. The Kier molecular flexibility index (Phi) is 6.18. The Balaban J connectivity index is 1.33. The fourth-order valence-corrected chi connectivity index (χ4v) is 4.14.